The Bertz CT molecular complexity index is 910. The Hall–Kier alpha value is -3.34. The van der Waals surface area contributed by atoms with Crippen molar-refractivity contribution in [3.05, 3.63) is 40.4 Å². The third kappa shape index (κ3) is 1.88. The largest absolute Gasteiger partial charge is 0.496 e. The van der Waals surface area contributed by atoms with E-state index >= 15 is 0 Å². The summed E-state index contributed by atoms with van der Waals surface area (Å²) in [5, 5.41) is 16.6. The Morgan fingerprint density at radius 3 is 2.83 bits per heavy atom. The van der Waals surface area contributed by atoms with Crippen LogP contribution in [0.3, 0.4) is 0 Å². The number of methoxy groups -OCH3 is 1. The molecule has 2 aliphatic heterocycles. The zero-order valence-corrected chi connectivity index (χ0v) is 13.0. The summed E-state index contributed by atoms with van der Waals surface area (Å²) in [6, 6.07) is 5.69. The molecular weight excluding hydrogens is 312 g/mol. The van der Waals surface area contributed by atoms with Gasteiger partial charge < -0.3 is 24.7 Å². The Balaban J connectivity index is 1.98. The summed E-state index contributed by atoms with van der Waals surface area (Å²) >= 11 is 0. The molecule has 0 spiro atoms. The van der Waals surface area contributed by atoms with Crippen molar-refractivity contribution in [2.75, 3.05) is 13.9 Å². The van der Waals surface area contributed by atoms with E-state index in [1.807, 2.05) is 6.92 Å². The molecular formula is C16H14N4O4. The molecule has 0 fully saturated rings. The van der Waals surface area contributed by atoms with Gasteiger partial charge in [-0.25, -0.2) is 0 Å². The highest BCUT2D eigenvalue weighted by Gasteiger charge is 2.37. The van der Waals surface area contributed by atoms with E-state index in [1.54, 1.807) is 19.2 Å². The number of rotatable bonds is 2. The van der Waals surface area contributed by atoms with E-state index in [0.717, 1.165) is 16.8 Å². The molecule has 24 heavy (non-hydrogen) atoms. The third-order valence-corrected chi connectivity index (χ3v) is 4.17. The van der Waals surface area contributed by atoms with Crippen molar-refractivity contribution >= 4 is 0 Å². The quantitative estimate of drug-likeness (QED) is 0.862. The molecule has 3 heterocycles. The van der Waals surface area contributed by atoms with Crippen molar-refractivity contribution < 1.29 is 18.9 Å². The Labute approximate surface area is 137 Å². The zero-order chi connectivity index (χ0) is 16.8. The van der Waals surface area contributed by atoms with E-state index in [2.05, 4.69) is 16.3 Å². The van der Waals surface area contributed by atoms with Gasteiger partial charge in [0.2, 0.25) is 18.6 Å². The van der Waals surface area contributed by atoms with Crippen LogP contribution < -0.4 is 24.7 Å². The number of fused-ring (bicyclic) bond motifs is 2. The maximum absolute atomic E-state index is 9.61. The van der Waals surface area contributed by atoms with Gasteiger partial charge in [0.1, 0.15) is 17.4 Å². The van der Waals surface area contributed by atoms with Crippen LogP contribution in [-0.2, 0) is 0 Å². The number of nitrogens with one attached hydrogen (secondary N) is 1. The van der Waals surface area contributed by atoms with Gasteiger partial charge in [-0.1, -0.05) is 0 Å². The molecule has 0 bridgehead atoms. The molecule has 0 amide bonds. The van der Waals surface area contributed by atoms with Gasteiger partial charge >= 0.3 is 0 Å². The molecule has 1 aromatic heterocycles. The Kier molecular flexibility index (Phi) is 3.03. The van der Waals surface area contributed by atoms with Gasteiger partial charge in [0.25, 0.3) is 0 Å². The van der Waals surface area contributed by atoms with Gasteiger partial charge in [-0.15, -0.1) is 5.10 Å². The molecule has 0 radical (unpaired) electrons. The second-order valence-electron chi connectivity index (χ2n) is 5.44. The lowest BCUT2D eigenvalue weighted by Crippen LogP contribution is -2.21. The number of ether oxygens (including phenoxy) is 4. The summed E-state index contributed by atoms with van der Waals surface area (Å²) in [7, 11) is 1.56. The summed E-state index contributed by atoms with van der Waals surface area (Å²) < 4.78 is 21.8. The number of allylic oxidation sites excluding steroid dienone is 1. The predicted octanol–water partition coefficient (Wildman–Crippen LogP) is 1.67. The van der Waals surface area contributed by atoms with E-state index in [9.17, 15) is 5.26 Å². The minimum atomic E-state index is -0.470. The first-order chi connectivity index (χ1) is 11.6. The molecule has 2 aromatic rings. The molecule has 2 aliphatic rings. The summed E-state index contributed by atoms with van der Waals surface area (Å²) in [6.07, 6.45) is 0. The molecule has 3 N–H and O–H groups in total. The SMILES string of the molecule is COc1cc2c(cc1[C@H]1C(C#N)=C(N)Oc3n[nH]c(C)c31)OCO2. The van der Waals surface area contributed by atoms with Crippen LogP contribution in [0.5, 0.6) is 23.1 Å². The third-order valence-electron chi connectivity index (χ3n) is 4.17. The van der Waals surface area contributed by atoms with Crippen LogP contribution in [0.1, 0.15) is 22.7 Å². The average Bonchev–Trinajstić information content (AvgIpc) is 3.18. The van der Waals surface area contributed by atoms with Crippen LogP contribution in [-0.4, -0.2) is 24.1 Å². The molecule has 0 saturated heterocycles. The van der Waals surface area contributed by atoms with Gasteiger partial charge in [0.05, 0.1) is 13.0 Å². The van der Waals surface area contributed by atoms with E-state index in [0.29, 0.717) is 28.7 Å². The minimum absolute atomic E-state index is 0.0289. The molecule has 122 valence electrons. The molecule has 4 rings (SSSR count). The van der Waals surface area contributed by atoms with Crippen molar-refractivity contribution in [1.82, 2.24) is 10.2 Å². The molecule has 8 nitrogen and oxygen atoms in total. The van der Waals surface area contributed by atoms with Crippen molar-refractivity contribution in [3.63, 3.8) is 0 Å². The zero-order valence-electron chi connectivity index (χ0n) is 13.0. The number of aromatic nitrogens is 2. The number of H-pyrrole nitrogens is 1. The van der Waals surface area contributed by atoms with Crippen LogP contribution in [0.2, 0.25) is 0 Å². The summed E-state index contributed by atoms with van der Waals surface area (Å²) in [5.74, 6) is 1.67. The van der Waals surface area contributed by atoms with Crippen LogP contribution in [0.25, 0.3) is 0 Å². The monoisotopic (exact) mass is 326 g/mol. The topological polar surface area (TPSA) is 115 Å². The standard InChI is InChI=1S/C16H14N4O4/c1-7-13-14(9(5-17)15(18)24-16(13)20-19-7)8-3-11-12(23-6-22-11)4-10(8)21-2/h3-4,14H,6,18H2,1-2H3,(H,19,20)/t14-/m0/s1. The van der Waals surface area contributed by atoms with Gasteiger partial charge in [-0.3, -0.25) is 5.10 Å². The fourth-order valence-electron chi connectivity index (χ4n) is 3.05. The second-order valence-corrected chi connectivity index (χ2v) is 5.44. The maximum Gasteiger partial charge on any atom is 0.244 e. The Morgan fingerprint density at radius 1 is 1.38 bits per heavy atom. The van der Waals surface area contributed by atoms with Crippen LogP contribution >= 0.6 is 0 Å². The lowest BCUT2D eigenvalue weighted by Gasteiger charge is -2.25. The van der Waals surface area contributed by atoms with Gasteiger partial charge in [0, 0.05) is 22.9 Å². The first kappa shape index (κ1) is 14.3. The molecule has 0 unspecified atom stereocenters. The number of nitrogens with two attached hydrogens (primary N) is 1. The number of hydrogen-bond acceptors (Lipinski definition) is 7. The molecule has 1 atom stereocenters. The highest BCUT2D eigenvalue weighted by molar-refractivity contribution is 5.62. The summed E-state index contributed by atoms with van der Waals surface area (Å²) in [4.78, 5) is 0. The highest BCUT2D eigenvalue weighted by atomic mass is 16.7. The van der Waals surface area contributed by atoms with Crippen molar-refractivity contribution in [1.29, 1.82) is 5.26 Å². The van der Waals surface area contributed by atoms with Crippen molar-refractivity contribution in [3.8, 4) is 29.2 Å². The fraction of sp³-hybridized carbons (Fsp3) is 0.250. The first-order valence-electron chi connectivity index (χ1n) is 7.24. The normalized spacial score (nSPS) is 18.0. The van der Waals surface area contributed by atoms with E-state index in [4.69, 9.17) is 24.7 Å². The number of aromatic amines is 1. The number of nitriles is 1. The second kappa shape index (κ2) is 5.09. The van der Waals surface area contributed by atoms with Crippen LogP contribution in [0.15, 0.2) is 23.6 Å². The Morgan fingerprint density at radius 2 is 2.12 bits per heavy atom. The van der Waals surface area contributed by atoms with E-state index in [1.165, 1.54) is 0 Å². The van der Waals surface area contributed by atoms with E-state index in [-0.39, 0.29) is 12.7 Å². The number of benzene rings is 1. The smallest absolute Gasteiger partial charge is 0.244 e. The lowest BCUT2D eigenvalue weighted by molar-refractivity contribution is 0.174. The molecule has 0 aliphatic carbocycles. The molecule has 1 aromatic carbocycles. The van der Waals surface area contributed by atoms with Gasteiger partial charge in [-0.05, 0) is 13.0 Å². The van der Waals surface area contributed by atoms with Gasteiger partial charge in [0.15, 0.2) is 11.5 Å². The summed E-state index contributed by atoms with van der Waals surface area (Å²) in [6.45, 7) is 2.01. The molecule has 8 heteroatoms. The average molecular weight is 326 g/mol. The number of hydrogen-bond donors (Lipinski definition) is 2. The van der Waals surface area contributed by atoms with Crippen LogP contribution in [0, 0.1) is 18.3 Å². The minimum Gasteiger partial charge on any atom is -0.496 e. The fourth-order valence-corrected chi connectivity index (χ4v) is 3.05. The first-order valence-corrected chi connectivity index (χ1v) is 7.24. The summed E-state index contributed by atoms with van der Waals surface area (Å²) in [5.41, 5.74) is 8.49. The van der Waals surface area contributed by atoms with Gasteiger partial charge in [-0.2, -0.15) is 5.26 Å². The maximum atomic E-state index is 9.61. The molecule has 0 saturated carbocycles. The van der Waals surface area contributed by atoms with Crippen molar-refractivity contribution in [2.24, 2.45) is 5.73 Å². The van der Waals surface area contributed by atoms with Crippen molar-refractivity contribution in [2.45, 2.75) is 12.8 Å². The van der Waals surface area contributed by atoms with Crippen LogP contribution in [0.4, 0.5) is 0 Å². The number of nitrogens with zero attached hydrogens (tertiary/aromatic N) is 2. The highest BCUT2D eigenvalue weighted by Crippen LogP contribution is 2.48. The number of aryl methyl sites for hydroxylation is 1. The van der Waals surface area contributed by atoms with E-state index < -0.39 is 5.92 Å². The predicted molar refractivity (Wildman–Crippen MR) is 81.7 cm³/mol. The lowest BCUT2D eigenvalue weighted by atomic mass is 9.83.